The summed E-state index contributed by atoms with van der Waals surface area (Å²) in [6.07, 6.45) is 0.890. The van der Waals surface area contributed by atoms with Gasteiger partial charge in [0.2, 0.25) is 0 Å². The zero-order valence-electron chi connectivity index (χ0n) is 9.22. The van der Waals surface area contributed by atoms with Crippen LogP contribution >= 0.6 is 0 Å². The van der Waals surface area contributed by atoms with Crippen molar-refractivity contribution < 1.29 is 53.3 Å². The fraction of sp³-hybridized carbons (Fsp3) is 0. The van der Waals surface area contributed by atoms with Crippen molar-refractivity contribution >= 4 is 5.97 Å². The van der Waals surface area contributed by atoms with Crippen molar-refractivity contribution in [3.8, 4) is 11.4 Å². The number of nitrogens with zero attached hydrogens (tertiary/aromatic N) is 2. The van der Waals surface area contributed by atoms with Gasteiger partial charge in [0.15, 0.2) is 11.6 Å². The van der Waals surface area contributed by atoms with Crippen LogP contribution in [0.4, 0.5) is 8.78 Å². The van der Waals surface area contributed by atoms with E-state index in [1.54, 1.807) is 0 Å². The molecule has 8 heteroatoms. The van der Waals surface area contributed by atoms with E-state index in [-0.39, 0.29) is 35.2 Å². The predicted molar refractivity (Wildman–Crippen MR) is 49.5 cm³/mol. The number of hydrogen-bond donors (Lipinski definition) is 1. The minimum Gasteiger partial charge on any atom is -0.543 e. The molecule has 0 saturated heterocycles. The third-order valence-corrected chi connectivity index (χ3v) is 2.04. The van der Waals surface area contributed by atoms with Crippen molar-refractivity contribution in [3.63, 3.8) is 0 Å². The van der Waals surface area contributed by atoms with E-state index in [0.29, 0.717) is 6.07 Å². The molecule has 0 unspecified atom stereocenters. The number of carbonyl (C=O) groups excluding carboxylic acids is 1. The molecule has 2 aromatic rings. The van der Waals surface area contributed by atoms with Gasteiger partial charge in [0, 0.05) is 6.07 Å². The molecule has 1 N–H and O–H groups in total. The van der Waals surface area contributed by atoms with Crippen LogP contribution in [0.3, 0.4) is 0 Å². The Morgan fingerprint density at radius 2 is 2.06 bits per heavy atom. The summed E-state index contributed by atoms with van der Waals surface area (Å²) in [5.74, 6) is -4.06. The van der Waals surface area contributed by atoms with Gasteiger partial charge in [-0.3, -0.25) is 0 Å². The minimum absolute atomic E-state index is 0. The summed E-state index contributed by atoms with van der Waals surface area (Å²) in [7, 11) is 0. The molecule has 0 atom stereocenters. The zero-order chi connectivity index (χ0) is 12.6. The number of rotatable bonds is 2. The Kier molecular flexibility index (Phi) is 4.44. The summed E-state index contributed by atoms with van der Waals surface area (Å²) in [5.41, 5.74) is -0.900. The van der Waals surface area contributed by atoms with E-state index in [4.69, 9.17) is 0 Å². The molecule has 1 aromatic heterocycles. The molecule has 0 aliphatic heterocycles. The Morgan fingerprint density at radius 3 is 2.56 bits per heavy atom. The van der Waals surface area contributed by atoms with Crippen molar-refractivity contribution in [1.82, 2.24) is 9.78 Å². The number of halogens is 2. The first-order valence-corrected chi connectivity index (χ1v) is 4.44. The van der Waals surface area contributed by atoms with E-state index in [0.717, 1.165) is 23.0 Å². The molecule has 1 heterocycles. The van der Waals surface area contributed by atoms with Gasteiger partial charge in [0.25, 0.3) is 0 Å². The molecule has 0 aliphatic carbocycles. The first-order valence-electron chi connectivity index (χ1n) is 4.44. The summed E-state index contributed by atoms with van der Waals surface area (Å²) in [6.45, 7) is 0. The second kappa shape index (κ2) is 5.47. The maximum atomic E-state index is 13.3. The van der Waals surface area contributed by atoms with Gasteiger partial charge in [-0.2, -0.15) is 5.10 Å². The molecule has 0 aliphatic rings. The summed E-state index contributed by atoms with van der Waals surface area (Å²) in [4.78, 5) is 10.5. The smallest absolute Gasteiger partial charge is 0.543 e. The number of carboxylic acids is 1. The summed E-state index contributed by atoms with van der Waals surface area (Å²) < 4.78 is 26.8. The minimum atomic E-state index is -1.69. The maximum Gasteiger partial charge on any atom is 1.00 e. The predicted octanol–water partition coefficient (Wildman–Crippen LogP) is -2.78. The van der Waals surface area contributed by atoms with Crippen LogP contribution in [-0.2, 0) is 0 Å². The van der Waals surface area contributed by atoms with Crippen LogP contribution in [-0.4, -0.2) is 20.9 Å². The largest absolute Gasteiger partial charge is 1.00 e. The van der Waals surface area contributed by atoms with E-state index in [2.05, 4.69) is 5.10 Å². The molecule has 0 bridgehead atoms. The van der Waals surface area contributed by atoms with Gasteiger partial charge in [-0.25, -0.2) is 13.5 Å². The molecule has 88 valence electrons. The molecular formula is C10H5F2N2NaO3. The third-order valence-electron chi connectivity index (χ3n) is 2.04. The standard InChI is InChI=1S/C10H6F2N2O3.Na/c11-5-1-2-7(6(12)3-5)14-4-8(15)9(13-14)10(16)17;/h1-4,15H,(H,16,17);/q;+1/p-1. The van der Waals surface area contributed by atoms with Crippen molar-refractivity contribution in [2.45, 2.75) is 0 Å². The number of hydrogen-bond acceptors (Lipinski definition) is 4. The van der Waals surface area contributed by atoms with Crippen LogP contribution < -0.4 is 34.7 Å². The molecule has 0 fully saturated rings. The Hall–Kier alpha value is -1.44. The molecule has 0 amide bonds. The van der Waals surface area contributed by atoms with E-state index in [1.807, 2.05) is 0 Å². The average molecular weight is 262 g/mol. The number of aromatic hydroxyl groups is 1. The fourth-order valence-corrected chi connectivity index (χ4v) is 1.30. The van der Waals surface area contributed by atoms with E-state index >= 15 is 0 Å². The number of aromatic carboxylic acids is 1. The van der Waals surface area contributed by atoms with E-state index in [1.165, 1.54) is 0 Å². The SMILES string of the molecule is O=C([O-])c1nn(-c2ccc(F)cc2F)cc1O.[Na+]. The van der Waals surface area contributed by atoms with Gasteiger partial charge in [0.05, 0.1) is 12.2 Å². The van der Waals surface area contributed by atoms with Crippen molar-refractivity contribution in [3.05, 3.63) is 41.7 Å². The number of carboxylic acid groups (broad SMARTS) is 1. The first-order chi connectivity index (χ1) is 7.99. The van der Waals surface area contributed by atoms with Gasteiger partial charge in [-0.15, -0.1) is 0 Å². The summed E-state index contributed by atoms with van der Waals surface area (Å²) >= 11 is 0. The van der Waals surface area contributed by atoms with Crippen molar-refractivity contribution in [2.75, 3.05) is 0 Å². The maximum absolute atomic E-state index is 13.3. The monoisotopic (exact) mass is 262 g/mol. The Labute approximate surface area is 122 Å². The Balaban J connectivity index is 0.00000162. The summed E-state index contributed by atoms with van der Waals surface area (Å²) in [6, 6.07) is 2.67. The van der Waals surface area contributed by atoms with Crippen LogP contribution in [0.2, 0.25) is 0 Å². The van der Waals surface area contributed by atoms with Crippen molar-refractivity contribution in [1.29, 1.82) is 0 Å². The number of carbonyl (C=O) groups is 1. The first kappa shape index (κ1) is 14.6. The second-order valence-corrected chi connectivity index (χ2v) is 3.19. The molecule has 0 saturated carbocycles. The molecule has 5 nitrogen and oxygen atoms in total. The van der Waals surface area contributed by atoms with E-state index in [9.17, 15) is 23.8 Å². The zero-order valence-corrected chi connectivity index (χ0v) is 11.2. The molecule has 0 radical (unpaired) electrons. The normalized spacial score (nSPS) is 9.89. The van der Waals surface area contributed by atoms with Gasteiger partial charge >= 0.3 is 29.6 Å². The van der Waals surface area contributed by atoms with E-state index < -0.39 is 29.0 Å². The summed E-state index contributed by atoms with van der Waals surface area (Å²) in [5, 5.41) is 23.1. The molecule has 2 rings (SSSR count). The fourth-order valence-electron chi connectivity index (χ4n) is 1.30. The number of benzene rings is 1. The van der Waals surface area contributed by atoms with Gasteiger partial charge in [-0.05, 0) is 12.1 Å². The average Bonchev–Trinajstić information content (AvgIpc) is 2.60. The third kappa shape index (κ3) is 2.69. The molecule has 0 spiro atoms. The van der Waals surface area contributed by atoms with Crippen LogP contribution in [0.15, 0.2) is 24.4 Å². The van der Waals surface area contributed by atoms with Gasteiger partial charge < -0.3 is 15.0 Å². The molecule has 1 aromatic carbocycles. The van der Waals surface area contributed by atoms with Crippen LogP contribution in [0.1, 0.15) is 10.5 Å². The Bertz CT molecular complexity index is 601. The van der Waals surface area contributed by atoms with Gasteiger partial charge in [0.1, 0.15) is 17.2 Å². The Morgan fingerprint density at radius 1 is 1.39 bits per heavy atom. The van der Waals surface area contributed by atoms with Gasteiger partial charge in [-0.1, -0.05) is 0 Å². The molecular weight excluding hydrogens is 257 g/mol. The van der Waals surface area contributed by atoms with Crippen LogP contribution in [0.5, 0.6) is 5.75 Å². The van der Waals surface area contributed by atoms with Crippen LogP contribution in [0.25, 0.3) is 5.69 Å². The van der Waals surface area contributed by atoms with Crippen LogP contribution in [0, 0.1) is 11.6 Å². The van der Waals surface area contributed by atoms with Crippen molar-refractivity contribution in [2.24, 2.45) is 0 Å². The number of aromatic nitrogens is 2. The topological polar surface area (TPSA) is 78.2 Å². The molecule has 18 heavy (non-hydrogen) atoms. The second-order valence-electron chi connectivity index (χ2n) is 3.19. The quantitative estimate of drug-likeness (QED) is 0.594.